The predicted octanol–water partition coefficient (Wildman–Crippen LogP) is 5.35. The largest absolute Gasteiger partial charge is 0.461 e. The van der Waals surface area contributed by atoms with Crippen molar-refractivity contribution in [2.24, 2.45) is 7.05 Å². The van der Waals surface area contributed by atoms with Crippen LogP contribution in [-0.4, -0.2) is 17.1 Å². The Morgan fingerprint density at radius 1 is 1.19 bits per heavy atom. The molecular formula is C23H28N2O2. The van der Waals surface area contributed by atoms with Gasteiger partial charge in [-0.3, -0.25) is 0 Å². The van der Waals surface area contributed by atoms with Crippen LogP contribution in [0.3, 0.4) is 0 Å². The Morgan fingerprint density at radius 3 is 2.41 bits per heavy atom. The van der Waals surface area contributed by atoms with Crippen molar-refractivity contribution >= 4 is 5.97 Å². The van der Waals surface area contributed by atoms with E-state index in [2.05, 4.69) is 30.3 Å². The summed E-state index contributed by atoms with van der Waals surface area (Å²) in [6.45, 7) is 4.11. The van der Waals surface area contributed by atoms with Crippen molar-refractivity contribution in [1.82, 2.24) is 4.57 Å². The number of hydrogen-bond acceptors (Lipinski definition) is 3. The van der Waals surface area contributed by atoms with Crippen molar-refractivity contribution in [1.29, 1.82) is 5.26 Å². The molecule has 1 saturated carbocycles. The maximum absolute atomic E-state index is 12.6. The van der Waals surface area contributed by atoms with Gasteiger partial charge < -0.3 is 9.30 Å². The monoisotopic (exact) mass is 364 g/mol. The molecule has 1 aromatic carbocycles. The summed E-state index contributed by atoms with van der Waals surface area (Å²) in [7, 11) is 1.84. The summed E-state index contributed by atoms with van der Waals surface area (Å²) in [4.78, 5) is 12.6. The van der Waals surface area contributed by atoms with Crippen molar-refractivity contribution in [3.63, 3.8) is 0 Å². The molecule has 0 N–H and O–H groups in total. The Balaban J connectivity index is 2.07. The molecule has 27 heavy (non-hydrogen) atoms. The number of esters is 1. The first kappa shape index (κ1) is 19.2. The number of aromatic nitrogens is 1. The van der Waals surface area contributed by atoms with E-state index in [4.69, 9.17) is 4.74 Å². The standard InChI is InChI=1S/C23H28N2O2/c1-4-20-19(15-24)21(22(25(20)3)23(26)27-5-2)18-13-11-17(12-14-18)16-9-7-6-8-10-16/h11-14,16H,4-10H2,1-3H3. The molecule has 1 heterocycles. The first-order valence-electron chi connectivity index (χ1n) is 10.0. The number of benzene rings is 1. The van der Waals surface area contributed by atoms with Gasteiger partial charge in [0.1, 0.15) is 11.8 Å². The molecule has 0 saturated heterocycles. The normalized spacial score (nSPS) is 14.7. The van der Waals surface area contributed by atoms with Gasteiger partial charge in [-0.15, -0.1) is 0 Å². The lowest BCUT2D eigenvalue weighted by Crippen LogP contribution is -2.12. The van der Waals surface area contributed by atoms with Crippen molar-refractivity contribution < 1.29 is 9.53 Å². The Labute approximate surface area is 161 Å². The zero-order chi connectivity index (χ0) is 19.4. The van der Waals surface area contributed by atoms with Crippen molar-refractivity contribution in [2.45, 2.75) is 58.3 Å². The van der Waals surface area contributed by atoms with Crippen LogP contribution in [0.15, 0.2) is 24.3 Å². The van der Waals surface area contributed by atoms with Gasteiger partial charge >= 0.3 is 5.97 Å². The van der Waals surface area contributed by atoms with Gasteiger partial charge in [-0.25, -0.2) is 4.79 Å². The summed E-state index contributed by atoms with van der Waals surface area (Å²) >= 11 is 0. The van der Waals surface area contributed by atoms with Gasteiger partial charge in [-0.2, -0.15) is 5.26 Å². The van der Waals surface area contributed by atoms with E-state index in [9.17, 15) is 10.1 Å². The number of hydrogen-bond donors (Lipinski definition) is 0. The second-order valence-corrected chi connectivity index (χ2v) is 7.25. The molecular weight excluding hydrogens is 336 g/mol. The molecule has 2 aromatic rings. The zero-order valence-electron chi connectivity index (χ0n) is 16.5. The maximum Gasteiger partial charge on any atom is 0.355 e. The second kappa shape index (κ2) is 8.43. The van der Waals surface area contributed by atoms with Gasteiger partial charge in [-0.1, -0.05) is 50.5 Å². The Morgan fingerprint density at radius 2 is 1.85 bits per heavy atom. The van der Waals surface area contributed by atoms with Crippen LogP contribution in [0.25, 0.3) is 11.1 Å². The van der Waals surface area contributed by atoms with E-state index < -0.39 is 0 Å². The predicted molar refractivity (Wildman–Crippen MR) is 107 cm³/mol. The fourth-order valence-electron chi connectivity index (χ4n) is 4.34. The molecule has 0 atom stereocenters. The molecule has 0 radical (unpaired) electrons. The van der Waals surface area contributed by atoms with Crippen LogP contribution in [0, 0.1) is 11.3 Å². The van der Waals surface area contributed by atoms with E-state index in [0.29, 0.717) is 35.8 Å². The fraction of sp³-hybridized carbons (Fsp3) is 0.478. The van der Waals surface area contributed by atoms with Crippen LogP contribution in [0.2, 0.25) is 0 Å². The molecule has 1 fully saturated rings. The molecule has 4 heteroatoms. The number of rotatable bonds is 5. The van der Waals surface area contributed by atoms with Crippen molar-refractivity contribution in [2.75, 3.05) is 6.61 Å². The highest BCUT2D eigenvalue weighted by atomic mass is 16.5. The van der Waals surface area contributed by atoms with Gasteiger partial charge in [0, 0.05) is 18.3 Å². The molecule has 1 aliphatic rings. The molecule has 142 valence electrons. The zero-order valence-corrected chi connectivity index (χ0v) is 16.5. The number of carbonyl (C=O) groups excluding carboxylic acids is 1. The van der Waals surface area contributed by atoms with E-state index >= 15 is 0 Å². The smallest absolute Gasteiger partial charge is 0.355 e. The minimum absolute atomic E-state index is 0.313. The summed E-state index contributed by atoms with van der Waals surface area (Å²) in [5.74, 6) is 0.261. The van der Waals surface area contributed by atoms with Crippen LogP contribution in [0.5, 0.6) is 0 Å². The summed E-state index contributed by atoms with van der Waals surface area (Å²) in [5.41, 5.74) is 4.88. The highest BCUT2D eigenvalue weighted by molar-refractivity contribution is 5.98. The molecule has 0 unspecified atom stereocenters. The first-order chi connectivity index (χ1) is 13.1. The van der Waals surface area contributed by atoms with Crippen molar-refractivity contribution in [3.8, 4) is 17.2 Å². The lowest BCUT2D eigenvalue weighted by molar-refractivity contribution is 0.0516. The molecule has 0 bridgehead atoms. The van der Waals surface area contributed by atoms with E-state index in [-0.39, 0.29) is 5.97 Å². The molecule has 1 aliphatic carbocycles. The summed E-state index contributed by atoms with van der Waals surface area (Å²) < 4.78 is 7.10. The van der Waals surface area contributed by atoms with Crippen LogP contribution >= 0.6 is 0 Å². The number of ether oxygens (including phenoxy) is 1. The molecule has 4 nitrogen and oxygen atoms in total. The van der Waals surface area contributed by atoms with Gasteiger partial charge in [0.25, 0.3) is 0 Å². The summed E-state index contributed by atoms with van der Waals surface area (Å²) in [6, 6.07) is 10.8. The highest BCUT2D eigenvalue weighted by Gasteiger charge is 2.27. The van der Waals surface area contributed by atoms with E-state index in [1.807, 2.05) is 18.5 Å². The van der Waals surface area contributed by atoms with E-state index in [1.54, 1.807) is 6.92 Å². The minimum atomic E-state index is -0.373. The van der Waals surface area contributed by atoms with Gasteiger partial charge in [-0.05, 0) is 43.2 Å². The SMILES string of the molecule is CCOC(=O)c1c(-c2ccc(C3CCCCC3)cc2)c(C#N)c(CC)n1C. The Kier molecular flexibility index (Phi) is 6.01. The first-order valence-corrected chi connectivity index (χ1v) is 10.0. The quantitative estimate of drug-likeness (QED) is 0.672. The van der Waals surface area contributed by atoms with Crippen LogP contribution in [-0.2, 0) is 18.2 Å². The molecule has 0 spiro atoms. The van der Waals surface area contributed by atoms with Crippen LogP contribution in [0.1, 0.15) is 79.2 Å². The third kappa shape index (κ3) is 3.64. The van der Waals surface area contributed by atoms with Crippen molar-refractivity contribution in [3.05, 3.63) is 46.8 Å². The van der Waals surface area contributed by atoms with Crippen LogP contribution < -0.4 is 0 Å². The molecule has 0 amide bonds. The van der Waals surface area contributed by atoms with E-state index in [1.165, 1.54) is 37.7 Å². The third-order valence-electron chi connectivity index (χ3n) is 5.71. The fourth-order valence-corrected chi connectivity index (χ4v) is 4.34. The average molecular weight is 364 g/mol. The lowest BCUT2D eigenvalue weighted by atomic mass is 9.83. The summed E-state index contributed by atoms with van der Waals surface area (Å²) in [6.07, 6.45) is 7.14. The highest BCUT2D eigenvalue weighted by Crippen LogP contribution is 2.36. The number of nitrogens with zero attached hydrogens (tertiary/aromatic N) is 2. The number of carbonyl (C=O) groups is 1. The topological polar surface area (TPSA) is 55.0 Å². The van der Waals surface area contributed by atoms with Gasteiger partial charge in [0.05, 0.1) is 12.2 Å². The maximum atomic E-state index is 12.6. The Bertz CT molecular complexity index is 850. The Hall–Kier alpha value is -2.54. The third-order valence-corrected chi connectivity index (χ3v) is 5.71. The summed E-state index contributed by atoms with van der Waals surface area (Å²) in [5, 5.41) is 9.78. The van der Waals surface area contributed by atoms with Gasteiger partial charge in [0.2, 0.25) is 0 Å². The number of nitriles is 1. The molecule has 3 rings (SSSR count). The van der Waals surface area contributed by atoms with E-state index in [0.717, 1.165) is 11.3 Å². The molecule has 1 aromatic heterocycles. The van der Waals surface area contributed by atoms with Gasteiger partial charge in [0.15, 0.2) is 0 Å². The second-order valence-electron chi connectivity index (χ2n) is 7.25. The minimum Gasteiger partial charge on any atom is -0.461 e. The average Bonchev–Trinajstić information content (AvgIpc) is 3.00. The molecule has 0 aliphatic heterocycles. The lowest BCUT2D eigenvalue weighted by Gasteiger charge is -2.22. The van der Waals surface area contributed by atoms with Crippen LogP contribution in [0.4, 0.5) is 0 Å².